The number of nitrogens with zero attached hydrogens (tertiary/aromatic N) is 2. The molecule has 0 aliphatic rings. The van der Waals surface area contributed by atoms with Crippen LogP contribution in [0.2, 0.25) is 0 Å². The summed E-state index contributed by atoms with van der Waals surface area (Å²) in [5, 5.41) is 12.4. The van der Waals surface area contributed by atoms with Crippen molar-refractivity contribution >= 4 is 11.7 Å². The van der Waals surface area contributed by atoms with Gasteiger partial charge in [-0.2, -0.15) is 0 Å². The van der Waals surface area contributed by atoms with E-state index in [1.807, 2.05) is 30.8 Å². The van der Waals surface area contributed by atoms with Crippen LogP contribution in [0.1, 0.15) is 21.7 Å². The highest BCUT2D eigenvalue weighted by molar-refractivity contribution is 5.95. The second kappa shape index (κ2) is 5.56. The molecule has 2 rings (SSSR count). The average molecular weight is 259 g/mol. The molecular weight excluding hydrogens is 242 g/mol. The predicted octanol–water partition coefficient (Wildman–Crippen LogP) is 2.08. The van der Waals surface area contributed by atoms with Crippen LogP contribution in [0.3, 0.4) is 0 Å². The third kappa shape index (κ3) is 2.93. The summed E-state index contributed by atoms with van der Waals surface area (Å²) in [5.41, 5.74) is 1.92. The zero-order valence-corrected chi connectivity index (χ0v) is 11.1. The molecule has 5 heteroatoms. The number of nitrogens with one attached hydrogen (secondary N) is 1. The number of hydrogen-bond donors (Lipinski definition) is 2. The number of aromatic nitrogens is 2. The SMILES string of the molecule is Cc1cccc(C(=O)O)c1NCCc1nccn1C. The Hall–Kier alpha value is -2.30. The van der Waals surface area contributed by atoms with Gasteiger partial charge in [0.05, 0.1) is 11.3 Å². The number of para-hydroxylation sites is 1. The number of aryl methyl sites for hydroxylation is 2. The normalized spacial score (nSPS) is 10.4. The molecule has 0 fully saturated rings. The van der Waals surface area contributed by atoms with E-state index >= 15 is 0 Å². The van der Waals surface area contributed by atoms with Crippen LogP contribution in [0, 0.1) is 6.92 Å². The molecule has 0 saturated heterocycles. The summed E-state index contributed by atoms with van der Waals surface area (Å²) in [7, 11) is 1.94. The van der Waals surface area contributed by atoms with Gasteiger partial charge in [-0.25, -0.2) is 9.78 Å². The summed E-state index contributed by atoms with van der Waals surface area (Å²) in [5.74, 6) is 0.0566. The summed E-state index contributed by atoms with van der Waals surface area (Å²) in [6, 6.07) is 5.26. The molecule has 0 bridgehead atoms. The first-order chi connectivity index (χ1) is 9.09. The molecule has 2 aromatic rings. The number of carboxylic acids is 1. The van der Waals surface area contributed by atoms with E-state index in [0.717, 1.165) is 17.8 Å². The second-order valence-corrected chi connectivity index (χ2v) is 4.43. The zero-order chi connectivity index (χ0) is 13.8. The van der Waals surface area contributed by atoms with E-state index in [1.165, 1.54) is 0 Å². The Morgan fingerprint density at radius 2 is 2.26 bits per heavy atom. The Morgan fingerprint density at radius 1 is 1.47 bits per heavy atom. The molecule has 0 saturated carbocycles. The lowest BCUT2D eigenvalue weighted by Gasteiger charge is -2.12. The van der Waals surface area contributed by atoms with Gasteiger partial charge < -0.3 is 15.0 Å². The van der Waals surface area contributed by atoms with Gasteiger partial charge in [-0.05, 0) is 18.6 Å². The van der Waals surface area contributed by atoms with Gasteiger partial charge in [-0.15, -0.1) is 0 Å². The summed E-state index contributed by atoms with van der Waals surface area (Å²) in [6.07, 6.45) is 4.40. The second-order valence-electron chi connectivity index (χ2n) is 4.43. The van der Waals surface area contributed by atoms with Crippen molar-refractivity contribution in [3.05, 3.63) is 47.5 Å². The summed E-state index contributed by atoms with van der Waals surface area (Å²) < 4.78 is 1.96. The van der Waals surface area contributed by atoms with Crippen molar-refractivity contribution in [2.24, 2.45) is 7.05 Å². The number of benzene rings is 1. The number of carbonyl (C=O) groups is 1. The molecule has 0 aliphatic heterocycles. The van der Waals surface area contributed by atoms with E-state index in [2.05, 4.69) is 10.3 Å². The highest BCUT2D eigenvalue weighted by Crippen LogP contribution is 2.20. The Balaban J connectivity index is 2.07. The van der Waals surface area contributed by atoms with Crippen molar-refractivity contribution in [1.82, 2.24) is 9.55 Å². The molecule has 1 aromatic carbocycles. The van der Waals surface area contributed by atoms with Crippen LogP contribution in [-0.4, -0.2) is 27.2 Å². The maximum atomic E-state index is 11.2. The number of carboxylic acid groups (broad SMARTS) is 1. The first kappa shape index (κ1) is 13.1. The van der Waals surface area contributed by atoms with Crippen LogP contribution in [0.4, 0.5) is 5.69 Å². The zero-order valence-electron chi connectivity index (χ0n) is 11.1. The Morgan fingerprint density at radius 3 is 2.89 bits per heavy atom. The quantitative estimate of drug-likeness (QED) is 0.862. The van der Waals surface area contributed by atoms with Gasteiger partial charge in [0.2, 0.25) is 0 Å². The maximum absolute atomic E-state index is 11.2. The number of aromatic carboxylic acids is 1. The lowest BCUT2D eigenvalue weighted by Crippen LogP contribution is -2.12. The molecule has 2 N–H and O–H groups in total. The predicted molar refractivity (Wildman–Crippen MR) is 73.5 cm³/mol. The first-order valence-electron chi connectivity index (χ1n) is 6.12. The molecule has 1 heterocycles. The molecule has 0 unspecified atom stereocenters. The molecule has 0 radical (unpaired) electrons. The Labute approximate surface area is 111 Å². The van der Waals surface area contributed by atoms with Crippen molar-refractivity contribution in [2.45, 2.75) is 13.3 Å². The molecule has 1 aromatic heterocycles. The number of anilines is 1. The van der Waals surface area contributed by atoms with E-state index in [0.29, 0.717) is 17.8 Å². The third-order valence-corrected chi connectivity index (χ3v) is 3.07. The minimum absolute atomic E-state index is 0.305. The van der Waals surface area contributed by atoms with Gasteiger partial charge >= 0.3 is 5.97 Å². The molecule has 100 valence electrons. The summed E-state index contributed by atoms with van der Waals surface area (Å²) in [6.45, 7) is 2.55. The minimum Gasteiger partial charge on any atom is -0.478 e. The number of rotatable bonds is 5. The van der Waals surface area contributed by atoms with E-state index < -0.39 is 5.97 Å². The van der Waals surface area contributed by atoms with E-state index in [1.54, 1.807) is 18.3 Å². The Bertz CT molecular complexity index is 590. The van der Waals surface area contributed by atoms with Crippen LogP contribution in [0.5, 0.6) is 0 Å². The number of hydrogen-bond acceptors (Lipinski definition) is 3. The lowest BCUT2D eigenvalue weighted by atomic mass is 10.1. The van der Waals surface area contributed by atoms with Crippen LogP contribution in [0.15, 0.2) is 30.6 Å². The van der Waals surface area contributed by atoms with Crippen molar-refractivity contribution < 1.29 is 9.90 Å². The first-order valence-corrected chi connectivity index (χ1v) is 6.12. The van der Waals surface area contributed by atoms with E-state index in [-0.39, 0.29) is 0 Å². The van der Waals surface area contributed by atoms with Gasteiger partial charge in [0, 0.05) is 32.4 Å². The Kier molecular flexibility index (Phi) is 3.85. The number of imidazole rings is 1. The van der Waals surface area contributed by atoms with Gasteiger partial charge in [0.15, 0.2) is 0 Å². The highest BCUT2D eigenvalue weighted by Gasteiger charge is 2.11. The van der Waals surface area contributed by atoms with E-state index in [9.17, 15) is 4.79 Å². The van der Waals surface area contributed by atoms with Crippen LogP contribution < -0.4 is 5.32 Å². The third-order valence-electron chi connectivity index (χ3n) is 3.07. The van der Waals surface area contributed by atoms with Crippen molar-refractivity contribution in [1.29, 1.82) is 0 Å². The molecule has 0 spiro atoms. The molecule has 0 amide bonds. The molecule has 5 nitrogen and oxygen atoms in total. The standard InChI is InChI=1S/C14H17N3O2/c1-10-4-3-5-11(14(18)19)13(10)16-7-6-12-15-8-9-17(12)2/h3-5,8-9,16H,6-7H2,1-2H3,(H,18,19). The molecule has 0 atom stereocenters. The van der Waals surface area contributed by atoms with E-state index in [4.69, 9.17) is 5.11 Å². The minimum atomic E-state index is -0.914. The van der Waals surface area contributed by atoms with Gasteiger partial charge in [-0.1, -0.05) is 12.1 Å². The molecule has 0 aliphatic carbocycles. The lowest BCUT2D eigenvalue weighted by molar-refractivity contribution is 0.0698. The topological polar surface area (TPSA) is 67.2 Å². The van der Waals surface area contributed by atoms with Gasteiger partial charge in [0.25, 0.3) is 0 Å². The van der Waals surface area contributed by atoms with Crippen molar-refractivity contribution in [3.8, 4) is 0 Å². The van der Waals surface area contributed by atoms with Crippen molar-refractivity contribution in [2.75, 3.05) is 11.9 Å². The maximum Gasteiger partial charge on any atom is 0.337 e. The summed E-state index contributed by atoms with van der Waals surface area (Å²) >= 11 is 0. The fourth-order valence-corrected chi connectivity index (χ4v) is 2.02. The largest absolute Gasteiger partial charge is 0.478 e. The van der Waals surface area contributed by atoms with Crippen LogP contribution >= 0.6 is 0 Å². The highest BCUT2D eigenvalue weighted by atomic mass is 16.4. The van der Waals surface area contributed by atoms with Gasteiger partial charge in [-0.3, -0.25) is 0 Å². The van der Waals surface area contributed by atoms with Gasteiger partial charge in [0.1, 0.15) is 5.82 Å². The van der Waals surface area contributed by atoms with Crippen LogP contribution in [-0.2, 0) is 13.5 Å². The smallest absolute Gasteiger partial charge is 0.337 e. The van der Waals surface area contributed by atoms with Crippen molar-refractivity contribution in [3.63, 3.8) is 0 Å². The summed E-state index contributed by atoms with van der Waals surface area (Å²) in [4.78, 5) is 15.4. The fraction of sp³-hybridized carbons (Fsp3) is 0.286. The molecule has 19 heavy (non-hydrogen) atoms. The average Bonchev–Trinajstić information content (AvgIpc) is 2.77. The fourth-order valence-electron chi connectivity index (χ4n) is 2.02. The monoisotopic (exact) mass is 259 g/mol. The molecular formula is C14H17N3O2. The van der Waals surface area contributed by atoms with Crippen LogP contribution in [0.25, 0.3) is 0 Å².